The Kier molecular flexibility index (Phi) is 4.16. The lowest BCUT2D eigenvalue weighted by Gasteiger charge is -2.33. The minimum absolute atomic E-state index is 0.0643. The fraction of sp³-hybridized carbons (Fsp3) is 0.429. The molecular formula is C14H17NO4. The molecule has 102 valence electrons. The van der Waals surface area contributed by atoms with Gasteiger partial charge in [-0.15, -0.1) is 0 Å². The zero-order valence-electron chi connectivity index (χ0n) is 10.8. The molecule has 5 nitrogen and oxygen atoms in total. The van der Waals surface area contributed by atoms with E-state index in [1.165, 1.54) is 4.90 Å². The molecule has 1 atom stereocenters. The molecule has 0 radical (unpaired) electrons. The third kappa shape index (κ3) is 3.12. The van der Waals surface area contributed by atoms with Gasteiger partial charge in [0.05, 0.1) is 19.6 Å². The second-order valence-corrected chi connectivity index (χ2v) is 4.62. The monoisotopic (exact) mass is 263 g/mol. The summed E-state index contributed by atoms with van der Waals surface area (Å²) in [6.07, 6.45) is 0.233. The van der Waals surface area contributed by atoms with Crippen LogP contribution in [-0.2, 0) is 20.7 Å². The Labute approximate surface area is 111 Å². The maximum atomic E-state index is 12.2. The second kappa shape index (κ2) is 5.84. The number of benzene rings is 1. The normalized spacial score (nSPS) is 19.2. The highest BCUT2D eigenvalue weighted by atomic mass is 16.5. The number of aryl methyl sites for hydroxylation is 1. The number of carbonyl (C=O) groups excluding carboxylic acids is 1. The van der Waals surface area contributed by atoms with E-state index in [2.05, 4.69) is 0 Å². The Hall–Kier alpha value is -1.88. The first-order chi connectivity index (χ1) is 9.09. The molecule has 0 aliphatic carbocycles. The Balaban J connectivity index is 2.10. The molecule has 1 saturated heterocycles. The van der Waals surface area contributed by atoms with Gasteiger partial charge in [0.1, 0.15) is 0 Å². The van der Waals surface area contributed by atoms with Gasteiger partial charge < -0.3 is 14.7 Å². The maximum Gasteiger partial charge on any atom is 0.328 e. The van der Waals surface area contributed by atoms with Crippen LogP contribution in [0.1, 0.15) is 11.1 Å². The fourth-order valence-corrected chi connectivity index (χ4v) is 2.18. The van der Waals surface area contributed by atoms with Crippen LogP contribution < -0.4 is 0 Å². The molecule has 0 spiro atoms. The van der Waals surface area contributed by atoms with Crippen molar-refractivity contribution in [2.45, 2.75) is 19.4 Å². The molecule has 1 aromatic carbocycles. The number of aliphatic carboxylic acids is 1. The standard InChI is InChI=1S/C14H17NO4/c1-10-4-2-3-5-11(10)8-13(16)15-6-7-19-9-12(15)14(17)18/h2-5,12H,6-9H2,1H3,(H,17,18)/t12-/m1/s1. The molecule has 1 aromatic rings. The van der Waals surface area contributed by atoms with Gasteiger partial charge in [-0.2, -0.15) is 0 Å². The molecule has 5 heteroatoms. The maximum absolute atomic E-state index is 12.2. The topological polar surface area (TPSA) is 66.8 Å². The largest absolute Gasteiger partial charge is 0.480 e. The first-order valence-corrected chi connectivity index (χ1v) is 6.24. The third-order valence-corrected chi connectivity index (χ3v) is 3.34. The molecule has 0 saturated carbocycles. The lowest BCUT2D eigenvalue weighted by molar-refractivity contribution is -0.158. The minimum Gasteiger partial charge on any atom is -0.480 e. The Morgan fingerprint density at radius 3 is 2.84 bits per heavy atom. The van der Waals surface area contributed by atoms with Gasteiger partial charge in [-0.05, 0) is 18.1 Å². The van der Waals surface area contributed by atoms with Crippen molar-refractivity contribution >= 4 is 11.9 Å². The van der Waals surface area contributed by atoms with Crippen molar-refractivity contribution in [3.8, 4) is 0 Å². The minimum atomic E-state index is -1.02. The van der Waals surface area contributed by atoms with E-state index in [-0.39, 0.29) is 18.9 Å². The van der Waals surface area contributed by atoms with Crippen molar-refractivity contribution in [2.24, 2.45) is 0 Å². The molecule has 1 aliphatic heterocycles. The zero-order chi connectivity index (χ0) is 13.8. The molecule has 0 aromatic heterocycles. The summed E-state index contributed by atoms with van der Waals surface area (Å²) in [6, 6.07) is 6.76. The average molecular weight is 263 g/mol. The number of rotatable bonds is 3. The van der Waals surface area contributed by atoms with E-state index in [4.69, 9.17) is 9.84 Å². The lowest BCUT2D eigenvalue weighted by atomic mass is 10.0. The van der Waals surface area contributed by atoms with Gasteiger partial charge in [0.15, 0.2) is 6.04 Å². The number of hydrogen-bond donors (Lipinski definition) is 1. The van der Waals surface area contributed by atoms with Crippen molar-refractivity contribution in [1.82, 2.24) is 4.90 Å². The highest BCUT2D eigenvalue weighted by Gasteiger charge is 2.32. The van der Waals surface area contributed by atoms with Crippen LogP contribution >= 0.6 is 0 Å². The SMILES string of the molecule is Cc1ccccc1CC(=O)N1CCOC[C@@H]1C(=O)O. The molecule has 1 amide bonds. The Morgan fingerprint density at radius 1 is 1.42 bits per heavy atom. The Morgan fingerprint density at radius 2 is 2.16 bits per heavy atom. The first kappa shape index (κ1) is 13.5. The van der Waals surface area contributed by atoms with E-state index in [0.717, 1.165) is 11.1 Å². The molecule has 1 fully saturated rings. The first-order valence-electron chi connectivity index (χ1n) is 6.24. The van der Waals surface area contributed by atoms with Gasteiger partial charge in [0, 0.05) is 6.54 Å². The summed E-state index contributed by atoms with van der Waals surface area (Å²) < 4.78 is 5.12. The second-order valence-electron chi connectivity index (χ2n) is 4.62. The van der Waals surface area contributed by atoms with Crippen LogP contribution in [-0.4, -0.2) is 47.7 Å². The van der Waals surface area contributed by atoms with Crippen LogP contribution in [0.3, 0.4) is 0 Å². The lowest BCUT2D eigenvalue weighted by Crippen LogP contribution is -2.53. The van der Waals surface area contributed by atoms with E-state index in [1.807, 2.05) is 31.2 Å². The number of carboxylic acids is 1. The van der Waals surface area contributed by atoms with Crippen molar-refractivity contribution in [1.29, 1.82) is 0 Å². The van der Waals surface area contributed by atoms with Gasteiger partial charge in [0.25, 0.3) is 0 Å². The number of morpholine rings is 1. The summed E-state index contributed by atoms with van der Waals surface area (Å²) in [6.45, 7) is 2.73. The summed E-state index contributed by atoms with van der Waals surface area (Å²) in [7, 11) is 0. The van der Waals surface area contributed by atoms with Gasteiger partial charge in [0.2, 0.25) is 5.91 Å². The van der Waals surface area contributed by atoms with E-state index < -0.39 is 12.0 Å². The van der Waals surface area contributed by atoms with Crippen LogP contribution in [0.2, 0.25) is 0 Å². The Bertz CT molecular complexity index is 486. The number of nitrogens with zero attached hydrogens (tertiary/aromatic N) is 1. The summed E-state index contributed by atoms with van der Waals surface area (Å²) in [5.41, 5.74) is 1.97. The number of ether oxygens (including phenoxy) is 1. The molecule has 1 N–H and O–H groups in total. The molecule has 1 heterocycles. The number of hydrogen-bond acceptors (Lipinski definition) is 3. The van der Waals surface area contributed by atoms with Crippen LogP contribution in [0, 0.1) is 6.92 Å². The summed E-state index contributed by atoms with van der Waals surface area (Å²) in [5, 5.41) is 9.10. The van der Waals surface area contributed by atoms with Gasteiger partial charge >= 0.3 is 5.97 Å². The van der Waals surface area contributed by atoms with Crippen molar-refractivity contribution in [2.75, 3.05) is 19.8 Å². The van der Waals surface area contributed by atoms with Gasteiger partial charge in [-0.25, -0.2) is 4.79 Å². The van der Waals surface area contributed by atoms with E-state index in [1.54, 1.807) is 0 Å². The fourth-order valence-electron chi connectivity index (χ4n) is 2.18. The van der Waals surface area contributed by atoms with Crippen LogP contribution in [0.15, 0.2) is 24.3 Å². The third-order valence-electron chi connectivity index (χ3n) is 3.34. The smallest absolute Gasteiger partial charge is 0.328 e. The van der Waals surface area contributed by atoms with E-state index >= 15 is 0 Å². The van der Waals surface area contributed by atoms with Crippen LogP contribution in [0.25, 0.3) is 0 Å². The van der Waals surface area contributed by atoms with Crippen molar-refractivity contribution in [3.05, 3.63) is 35.4 Å². The quantitative estimate of drug-likeness (QED) is 0.878. The average Bonchev–Trinajstić information content (AvgIpc) is 2.41. The molecule has 0 bridgehead atoms. The summed E-state index contributed by atoms with van der Waals surface area (Å²) in [4.78, 5) is 24.8. The van der Waals surface area contributed by atoms with E-state index in [9.17, 15) is 9.59 Å². The number of carbonyl (C=O) groups is 2. The summed E-state index contributed by atoms with van der Waals surface area (Å²) in [5.74, 6) is -1.18. The number of carboxylic acid groups (broad SMARTS) is 1. The molecular weight excluding hydrogens is 246 g/mol. The number of amides is 1. The highest BCUT2D eigenvalue weighted by molar-refractivity contribution is 5.85. The van der Waals surface area contributed by atoms with Crippen LogP contribution in [0.5, 0.6) is 0 Å². The summed E-state index contributed by atoms with van der Waals surface area (Å²) >= 11 is 0. The molecule has 0 unspecified atom stereocenters. The predicted octanol–water partition coefficient (Wildman–Crippen LogP) is 0.850. The zero-order valence-corrected chi connectivity index (χ0v) is 10.8. The molecule has 2 rings (SSSR count). The highest BCUT2D eigenvalue weighted by Crippen LogP contribution is 2.13. The van der Waals surface area contributed by atoms with Crippen LogP contribution in [0.4, 0.5) is 0 Å². The van der Waals surface area contributed by atoms with E-state index in [0.29, 0.717) is 13.2 Å². The van der Waals surface area contributed by atoms with Crippen molar-refractivity contribution in [3.63, 3.8) is 0 Å². The van der Waals surface area contributed by atoms with Gasteiger partial charge in [-0.1, -0.05) is 24.3 Å². The van der Waals surface area contributed by atoms with Gasteiger partial charge in [-0.3, -0.25) is 4.79 Å². The van der Waals surface area contributed by atoms with Crippen molar-refractivity contribution < 1.29 is 19.4 Å². The molecule has 19 heavy (non-hydrogen) atoms. The predicted molar refractivity (Wildman–Crippen MR) is 68.8 cm³/mol. The molecule has 1 aliphatic rings.